The monoisotopic (exact) mass is 485 g/mol. The van der Waals surface area contributed by atoms with E-state index in [0.29, 0.717) is 38.0 Å². The minimum Gasteiger partial charge on any atom is -0.337 e. The van der Waals surface area contributed by atoms with E-state index in [0.717, 1.165) is 17.4 Å². The predicted molar refractivity (Wildman–Crippen MR) is 130 cm³/mol. The molecule has 2 fully saturated rings. The summed E-state index contributed by atoms with van der Waals surface area (Å²) in [6.45, 7) is 3.78. The van der Waals surface area contributed by atoms with E-state index < -0.39 is 16.2 Å². The van der Waals surface area contributed by atoms with Crippen LogP contribution < -0.4 is 0 Å². The molecule has 0 radical (unpaired) electrons. The lowest BCUT2D eigenvalue weighted by molar-refractivity contribution is 0.0735. The smallest absolute Gasteiger partial charge is 0.320 e. The van der Waals surface area contributed by atoms with Crippen LogP contribution in [0, 0.1) is 6.92 Å². The molecule has 0 spiro atoms. The largest absolute Gasteiger partial charge is 0.337 e. The van der Waals surface area contributed by atoms with Gasteiger partial charge in [-0.15, -0.1) is 0 Å². The highest BCUT2D eigenvalue weighted by Gasteiger charge is 2.36. The number of nitrogens with zero attached hydrogens (tertiary/aromatic N) is 3. The van der Waals surface area contributed by atoms with Crippen LogP contribution in [0.4, 0.5) is 4.79 Å². The van der Waals surface area contributed by atoms with E-state index in [-0.39, 0.29) is 24.5 Å². The van der Waals surface area contributed by atoms with Gasteiger partial charge < -0.3 is 14.7 Å². The van der Waals surface area contributed by atoms with Gasteiger partial charge in [-0.25, -0.2) is 4.79 Å². The Kier molecular flexibility index (Phi) is 6.95. The Morgan fingerprint density at radius 3 is 2.09 bits per heavy atom. The average Bonchev–Trinajstić information content (AvgIpc) is 3.47. The maximum atomic E-state index is 13.1. The summed E-state index contributed by atoms with van der Waals surface area (Å²) in [4.78, 5) is 31.1. The topological polar surface area (TPSA) is 87.2 Å². The van der Waals surface area contributed by atoms with Crippen molar-refractivity contribution in [1.82, 2.24) is 14.7 Å². The molecule has 8 nitrogen and oxygen atoms in total. The fraction of sp³-hybridized carbons (Fsp3) is 0.440. The van der Waals surface area contributed by atoms with E-state index in [9.17, 15) is 18.0 Å². The molecule has 2 aliphatic rings. The van der Waals surface area contributed by atoms with Gasteiger partial charge in [0.1, 0.15) is 0 Å². The number of carbonyl (C=O) groups excluding carboxylic acids is 2. The summed E-state index contributed by atoms with van der Waals surface area (Å²) < 4.78 is 27.7. The summed E-state index contributed by atoms with van der Waals surface area (Å²) in [5.74, 6) is -0.0717. The van der Waals surface area contributed by atoms with Gasteiger partial charge in [0, 0.05) is 32.2 Å². The molecule has 34 heavy (non-hydrogen) atoms. The molecule has 2 unspecified atom stereocenters. The summed E-state index contributed by atoms with van der Waals surface area (Å²) in [5.41, 5.74) is 3.98. The molecule has 182 valence electrons. The van der Waals surface area contributed by atoms with Gasteiger partial charge in [-0.05, 0) is 43.0 Å². The molecule has 0 aromatic heterocycles. The fourth-order valence-electron chi connectivity index (χ4n) is 4.58. The van der Waals surface area contributed by atoms with E-state index in [1.54, 1.807) is 21.7 Å². The summed E-state index contributed by atoms with van der Waals surface area (Å²) >= 11 is 0. The Hall–Kier alpha value is -2.91. The molecule has 3 amide bonds. The van der Waals surface area contributed by atoms with E-state index in [4.69, 9.17) is 4.18 Å². The van der Waals surface area contributed by atoms with Crippen LogP contribution in [0.25, 0.3) is 11.1 Å². The molecule has 0 bridgehead atoms. The molecule has 0 saturated carbocycles. The lowest BCUT2D eigenvalue weighted by Crippen LogP contribution is -2.44. The van der Waals surface area contributed by atoms with Crippen LogP contribution in [0.1, 0.15) is 28.8 Å². The molecular weight excluding hydrogens is 454 g/mol. The first-order valence-electron chi connectivity index (χ1n) is 11.5. The second-order valence-corrected chi connectivity index (χ2v) is 10.8. The normalized spacial score (nSPS) is 20.6. The summed E-state index contributed by atoms with van der Waals surface area (Å²) in [6.07, 6.45) is 1.72. The first kappa shape index (κ1) is 24.2. The number of likely N-dealkylation sites (N-methyl/N-ethyl adjacent to an activating group) is 1. The summed E-state index contributed by atoms with van der Waals surface area (Å²) in [6, 6.07) is 15.7. The number of urea groups is 1. The summed E-state index contributed by atoms with van der Waals surface area (Å²) in [7, 11) is -1.77. The van der Waals surface area contributed by atoms with Crippen LogP contribution in [0.15, 0.2) is 48.5 Å². The molecule has 2 saturated heterocycles. The van der Waals surface area contributed by atoms with Gasteiger partial charge in [0.05, 0.1) is 24.9 Å². The van der Waals surface area contributed by atoms with Gasteiger partial charge in [0.2, 0.25) is 0 Å². The number of rotatable bonds is 5. The van der Waals surface area contributed by atoms with Crippen molar-refractivity contribution in [3.8, 4) is 11.1 Å². The number of hydrogen-bond donors (Lipinski definition) is 0. The quantitative estimate of drug-likeness (QED) is 0.608. The average molecular weight is 486 g/mol. The van der Waals surface area contributed by atoms with Crippen molar-refractivity contribution in [2.45, 2.75) is 31.9 Å². The maximum Gasteiger partial charge on any atom is 0.320 e. The molecule has 2 heterocycles. The minimum absolute atomic E-state index is 0.0705. The van der Waals surface area contributed by atoms with Crippen molar-refractivity contribution in [3.63, 3.8) is 0 Å². The number of aryl methyl sites for hydroxylation is 1. The Balaban J connectivity index is 1.33. The lowest BCUT2D eigenvalue weighted by Gasteiger charge is -2.27. The highest BCUT2D eigenvalue weighted by atomic mass is 32.2. The number of benzene rings is 2. The molecule has 2 aromatic carbocycles. The lowest BCUT2D eigenvalue weighted by atomic mass is 10.0. The first-order valence-corrected chi connectivity index (χ1v) is 13.3. The van der Waals surface area contributed by atoms with Gasteiger partial charge >= 0.3 is 6.03 Å². The highest BCUT2D eigenvalue weighted by Crippen LogP contribution is 2.24. The zero-order valence-corrected chi connectivity index (χ0v) is 20.6. The molecular formula is C25H31N3O5S. The minimum atomic E-state index is -3.55. The van der Waals surface area contributed by atoms with Crippen molar-refractivity contribution < 1.29 is 22.2 Å². The van der Waals surface area contributed by atoms with Crippen LogP contribution in [0.3, 0.4) is 0 Å². The molecule has 4 rings (SSSR count). The molecule has 2 atom stereocenters. The van der Waals surface area contributed by atoms with Gasteiger partial charge in [0.15, 0.2) is 0 Å². The second kappa shape index (κ2) is 9.76. The van der Waals surface area contributed by atoms with Crippen molar-refractivity contribution in [3.05, 3.63) is 59.7 Å². The Bertz CT molecular complexity index is 1150. The third-order valence-corrected chi connectivity index (χ3v) is 7.17. The van der Waals surface area contributed by atoms with Crippen LogP contribution in [-0.4, -0.2) is 86.7 Å². The standard InChI is InChI=1S/C25H31N3O5S/c1-18-4-6-19(7-5-18)20-8-10-21(11-9-20)24(29)26(2)22-12-14-27(16-22)25(30)28-15-13-23(17-28)33-34(3,31)32/h4-11,22-23H,12-17H2,1-3H3. The van der Waals surface area contributed by atoms with Crippen molar-refractivity contribution >= 4 is 22.1 Å². The Morgan fingerprint density at radius 2 is 1.47 bits per heavy atom. The van der Waals surface area contributed by atoms with Crippen LogP contribution in [0.5, 0.6) is 0 Å². The first-order chi connectivity index (χ1) is 16.1. The van der Waals surface area contributed by atoms with E-state index in [1.165, 1.54) is 5.56 Å². The highest BCUT2D eigenvalue weighted by molar-refractivity contribution is 7.86. The molecule has 0 N–H and O–H groups in total. The number of hydrogen-bond acceptors (Lipinski definition) is 5. The number of amides is 3. The maximum absolute atomic E-state index is 13.1. The van der Waals surface area contributed by atoms with Gasteiger partial charge in [-0.3, -0.25) is 8.98 Å². The fourth-order valence-corrected chi connectivity index (χ4v) is 5.23. The summed E-state index contributed by atoms with van der Waals surface area (Å²) in [5, 5.41) is 0. The van der Waals surface area contributed by atoms with Gasteiger partial charge in [-0.2, -0.15) is 8.42 Å². The van der Waals surface area contributed by atoms with E-state index in [2.05, 4.69) is 31.2 Å². The number of carbonyl (C=O) groups is 2. The van der Waals surface area contributed by atoms with Crippen molar-refractivity contribution in [2.24, 2.45) is 0 Å². The van der Waals surface area contributed by atoms with E-state index in [1.807, 2.05) is 24.3 Å². The van der Waals surface area contributed by atoms with Crippen LogP contribution in [-0.2, 0) is 14.3 Å². The van der Waals surface area contributed by atoms with Crippen molar-refractivity contribution in [1.29, 1.82) is 0 Å². The van der Waals surface area contributed by atoms with Gasteiger partial charge in [0.25, 0.3) is 16.0 Å². The van der Waals surface area contributed by atoms with Crippen molar-refractivity contribution in [2.75, 3.05) is 39.5 Å². The number of likely N-dealkylation sites (tertiary alicyclic amines) is 2. The SMILES string of the molecule is Cc1ccc(-c2ccc(C(=O)N(C)C3CCN(C(=O)N4CCC(OS(C)(=O)=O)C4)C3)cc2)cc1. The zero-order valence-electron chi connectivity index (χ0n) is 19.8. The third-order valence-electron chi connectivity index (χ3n) is 6.55. The van der Waals surface area contributed by atoms with Gasteiger partial charge in [-0.1, -0.05) is 42.0 Å². The van der Waals surface area contributed by atoms with E-state index >= 15 is 0 Å². The molecule has 0 aliphatic carbocycles. The van der Waals surface area contributed by atoms with Crippen LogP contribution >= 0.6 is 0 Å². The molecule has 2 aromatic rings. The molecule has 2 aliphatic heterocycles. The molecule has 9 heteroatoms. The Morgan fingerprint density at radius 1 is 0.912 bits per heavy atom. The third kappa shape index (κ3) is 5.59. The zero-order chi connectivity index (χ0) is 24.5. The van der Waals surface area contributed by atoms with Crippen LogP contribution in [0.2, 0.25) is 0 Å². The Labute approximate surface area is 201 Å². The predicted octanol–water partition coefficient (Wildman–Crippen LogP) is 2.98. The second-order valence-electron chi connectivity index (χ2n) is 9.19.